The van der Waals surface area contributed by atoms with Gasteiger partial charge in [-0.25, -0.2) is 0 Å². The van der Waals surface area contributed by atoms with E-state index >= 15 is 0 Å². The second kappa shape index (κ2) is 6.90. The van der Waals surface area contributed by atoms with Gasteiger partial charge < -0.3 is 5.32 Å². The van der Waals surface area contributed by atoms with E-state index in [9.17, 15) is 0 Å². The molecular formula is C18H16ClNS. The maximum Gasteiger partial charge on any atom is 0.0406 e. The zero-order valence-corrected chi connectivity index (χ0v) is 13.1. The number of hydrogen-bond donors (Lipinski definition) is 1. The van der Waals surface area contributed by atoms with Crippen molar-refractivity contribution in [1.29, 1.82) is 0 Å². The highest BCUT2D eigenvalue weighted by molar-refractivity contribution is 7.10. The van der Waals surface area contributed by atoms with Gasteiger partial charge in [0.05, 0.1) is 0 Å². The average molecular weight is 314 g/mol. The molecule has 3 aromatic rings. The van der Waals surface area contributed by atoms with Crippen molar-refractivity contribution in [3.63, 3.8) is 0 Å². The summed E-state index contributed by atoms with van der Waals surface area (Å²) < 4.78 is 0. The van der Waals surface area contributed by atoms with Gasteiger partial charge in [0.2, 0.25) is 0 Å². The number of thiophene rings is 1. The quantitative estimate of drug-likeness (QED) is 0.668. The van der Waals surface area contributed by atoms with Gasteiger partial charge in [-0.1, -0.05) is 54.1 Å². The molecule has 0 aliphatic heterocycles. The Kier molecular flexibility index (Phi) is 4.71. The highest BCUT2D eigenvalue weighted by Crippen LogP contribution is 2.25. The Labute approximate surface area is 134 Å². The molecule has 1 aromatic heterocycles. The van der Waals surface area contributed by atoms with Gasteiger partial charge in [-0.15, -0.1) is 11.3 Å². The van der Waals surface area contributed by atoms with Gasteiger partial charge in [0.15, 0.2) is 0 Å². The Hall–Kier alpha value is -1.61. The number of nitrogens with one attached hydrogen (secondary N) is 1. The molecule has 1 N–H and O–H groups in total. The molecule has 3 heteroatoms. The first kappa shape index (κ1) is 14.3. The summed E-state index contributed by atoms with van der Waals surface area (Å²) in [6.07, 6.45) is 0. The highest BCUT2D eigenvalue weighted by Gasteiger charge is 2.02. The highest BCUT2D eigenvalue weighted by atomic mass is 35.5. The van der Waals surface area contributed by atoms with E-state index in [1.54, 1.807) is 11.3 Å². The van der Waals surface area contributed by atoms with Gasteiger partial charge >= 0.3 is 0 Å². The third kappa shape index (κ3) is 3.94. The van der Waals surface area contributed by atoms with Crippen molar-refractivity contribution >= 4 is 22.9 Å². The zero-order valence-electron chi connectivity index (χ0n) is 11.6. The molecule has 0 fully saturated rings. The van der Waals surface area contributed by atoms with Crippen LogP contribution in [-0.4, -0.2) is 0 Å². The normalized spacial score (nSPS) is 10.7. The van der Waals surface area contributed by atoms with Gasteiger partial charge in [0.1, 0.15) is 0 Å². The molecule has 1 nitrogen and oxygen atoms in total. The van der Waals surface area contributed by atoms with Crippen molar-refractivity contribution in [1.82, 2.24) is 5.32 Å². The molecule has 0 radical (unpaired) electrons. The Morgan fingerprint density at radius 1 is 0.857 bits per heavy atom. The smallest absolute Gasteiger partial charge is 0.0406 e. The third-order valence-corrected chi connectivity index (χ3v) is 4.49. The van der Waals surface area contributed by atoms with Gasteiger partial charge in [0, 0.05) is 23.0 Å². The fraction of sp³-hybridized carbons (Fsp3) is 0.111. The summed E-state index contributed by atoms with van der Waals surface area (Å²) in [5.74, 6) is 0. The van der Waals surface area contributed by atoms with Crippen LogP contribution >= 0.6 is 22.9 Å². The minimum atomic E-state index is 0.782. The van der Waals surface area contributed by atoms with Crippen molar-refractivity contribution in [3.8, 4) is 11.1 Å². The van der Waals surface area contributed by atoms with Gasteiger partial charge in [-0.3, -0.25) is 0 Å². The molecule has 0 unspecified atom stereocenters. The van der Waals surface area contributed by atoms with Crippen LogP contribution in [0.2, 0.25) is 5.02 Å². The van der Waals surface area contributed by atoms with Crippen LogP contribution in [0.1, 0.15) is 10.4 Å². The summed E-state index contributed by atoms with van der Waals surface area (Å²) in [5, 5.41) is 6.47. The molecule has 0 aliphatic carbocycles. The Bertz CT molecular complexity index is 689. The summed E-state index contributed by atoms with van der Waals surface area (Å²) >= 11 is 7.68. The lowest BCUT2D eigenvalue weighted by Gasteiger charge is -2.03. The third-order valence-electron chi connectivity index (χ3n) is 3.30. The second-order valence-corrected chi connectivity index (χ2v) is 6.33. The molecule has 3 rings (SSSR count). The molecule has 106 valence electrons. The van der Waals surface area contributed by atoms with Crippen LogP contribution in [-0.2, 0) is 13.1 Å². The zero-order chi connectivity index (χ0) is 14.5. The van der Waals surface area contributed by atoms with E-state index in [0.717, 1.165) is 18.1 Å². The van der Waals surface area contributed by atoms with Crippen molar-refractivity contribution in [2.75, 3.05) is 0 Å². The predicted octanol–water partition coefficient (Wildman–Crippen LogP) is 5.36. The largest absolute Gasteiger partial charge is 0.308 e. The number of benzene rings is 2. The van der Waals surface area contributed by atoms with E-state index in [1.807, 2.05) is 18.2 Å². The average Bonchev–Trinajstić information content (AvgIpc) is 2.99. The summed E-state index contributed by atoms with van der Waals surface area (Å²) in [6.45, 7) is 1.75. The minimum Gasteiger partial charge on any atom is -0.308 e. The van der Waals surface area contributed by atoms with Crippen LogP contribution < -0.4 is 5.32 Å². The number of rotatable bonds is 5. The Balaban J connectivity index is 1.57. The fourth-order valence-electron chi connectivity index (χ4n) is 2.19. The van der Waals surface area contributed by atoms with E-state index in [-0.39, 0.29) is 0 Å². The van der Waals surface area contributed by atoms with Crippen molar-refractivity contribution in [2.24, 2.45) is 0 Å². The molecule has 0 aliphatic rings. The standard InChI is InChI=1S/C18H16ClNS/c19-17-8-6-14(7-9-17)11-20-12-18-10-16(13-21-18)15-4-2-1-3-5-15/h1-10,13,20H,11-12H2. The van der Waals surface area contributed by atoms with Crippen molar-refractivity contribution in [2.45, 2.75) is 13.1 Å². The lowest BCUT2D eigenvalue weighted by Crippen LogP contribution is -2.11. The van der Waals surface area contributed by atoms with Crippen LogP contribution in [0.25, 0.3) is 11.1 Å². The Morgan fingerprint density at radius 2 is 1.62 bits per heavy atom. The van der Waals surface area contributed by atoms with Crippen LogP contribution in [0.5, 0.6) is 0 Å². The van der Waals surface area contributed by atoms with E-state index < -0.39 is 0 Å². The van der Waals surface area contributed by atoms with Crippen LogP contribution in [0.15, 0.2) is 66.0 Å². The van der Waals surface area contributed by atoms with Crippen molar-refractivity contribution in [3.05, 3.63) is 81.5 Å². The van der Waals surface area contributed by atoms with E-state index in [2.05, 4.69) is 53.2 Å². The minimum absolute atomic E-state index is 0.782. The lowest BCUT2D eigenvalue weighted by molar-refractivity contribution is 0.701. The molecule has 0 atom stereocenters. The lowest BCUT2D eigenvalue weighted by atomic mass is 10.1. The van der Waals surface area contributed by atoms with E-state index in [0.29, 0.717) is 0 Å². The Morgan fingerprint density at radius 3 is 2.38 bits per heavy atom. The molecule has 21 heavy (non-hydrogen) atoms. The summed E-state index contributed by atoms with van der Waals surface area (Å²) in [7, 11) is 0. The van der Waals surface area contributed by atoms with Crippen LogP contribution in [0.4, 0.5) is 0 Å². The molecule has 2 aromatic carbocycles. The molecule has 0 spiro atoms. The SMILES string of the molecule is Clc1ccc(CNCc2cc(-c3ccccc3)cs2)cc1. The topological polar surface area (TPSA) is 12.0 Å². The first-order valence-electron chi connectivity index (χ1n) is 6.89. The molecular weight excluding hydrogens is 298 g/mol. The summed E-state index contributed by atoms with van der Waals surface area (Å²) in [4.78, 5) is 1.35. The van der Waals surface area contributed by atoms with E-state index in [4.69, 9.17) is 11.6 Å². The number of hydrogen-bond acceptors (Lipinski definition) is 2. The summed E-state index contributed by atoms with van der Waals surface area (Å²) in [5.41, 5.74) is 3.82. The maximum atomic E-state index is 5.88. The summed E-state index contributed by atoms with van der Waals surface area (Å²) in [6, 6.07) is 20.7. The molecule has 0 amide bonds. The van der Waals surface area contributed by atoms with Crippen molar-refractivity contribution < 1.29 is 0 Å². The van der Waals surface area contributed by atoms with E-state index in [1.165, 1.54) is 21.6 Å². The van der Waals surface area contributed by atoms with Gasteiger partial charge in [-0.2, -0.15) is 0 Å². The second-order valence-electron chi connectivity index (χ2n) is 4.90. The maximum absolute atomic E-state index is 5.88. The first-order chi connectivity index (χ1) is 10.3. The number of halogens is 1. The van der Waals surface area contributed by atoms with Crippen LogP contribution in [0, 0.1) is 0 Å². The predicted molar refractivity (Wildman–Crippen MR) is 91.8 cm³/mol. The molecule has 0 saturated carbocycles. The van der Waals surface area contributed by atoms with Gasteiger partial charge in [0.25, 0.3) is 0 Å². The molecule has 1 heterocycles. The monoisotopic (exact) mass is 313 g/mol. The van der Waals surface area contributed by atoms with Gasteiger partial charge in [-0.05, 0) is 40.3 Å². The van der Waals surface area contributed by atoms with Crippen LogP contribution in [0.3, 0.4) is 0 Å². The first-order valence-corrected chi connectivity index (χ1v) is 8.15. The molecule has 0 saturated heterocycles. The fourth-order valence-corrected chi connectivity index (χ4v) is 3.18. The molecule has 0 bridgehead atoms.